The molecule has 25 heavy (non-hydrogen) atoms. The van der Waals surface area contributed by atoms with Crippen LogP contribution in [0.4, 0.5) is 4.79 Å². The molecular formula is C19H21ClN2O3. The monoisotopic (exact) mass is 360 g/mol. The summed E-state index contributed by atoms with van der Waals surface area (Å²) in [5, 5.41) is 13.8. The van der Waals surface area contributed by atoms with Gasteiger partial charge in [-0.2, -0.15) is 0 Å². The molecule has 0 aliphatic carbocycles. The average molecular weight is 361 g/mol. The summed E-state index contributed by atoms with van der Waals surface area (Å²) >= 11 is 5.84. The van der Waals surface area contributed by atoms with Gasteiger partial charge in [-0.3, -0.25) is 0 Å². The number of amides is 2. The Morgan fingerprint density at radius 3 is 2.48 bits per heavy atom. The largest absolute Gasteiger partial charge is 0.487 e. The molecule has 1 saturated heterocycles. The van der Waals surface area contributed by atoms with Crippen molar-refractivity contribution in [2.45, 2.75) is 25.2 Å². The molecule has 5 nitrogen and oxygen atoms in total. The van der Waals surface area contributed by atoms with Gasteiger partial charge in [-0.25, -0.2) is 4.79 Å². The van der Waals surface area contributed by atoms with E-state index >= 15 is 0 Å². The first-order chi connectivity index (χ1) is 12.0. The van der Waals surface area contributed by atoms with Gasteiger partial charge in [0.05, 0.1) is 25.2 Å². The van der Waals surface area contributed by atoms with E-state index in [0.717, 1.165) is 11.3 Å². The molecule has 2 aromatic rings. The summed E-state index contributed by atoms with van der Waals surface area (Å²) in [4.78, 5) is 13.9. The topological polar surface area (TPSA) is 61.8 Å². The van der Waals surface area contributed by atoms with Crippen LogP contribution < -0.4 is 10.1 Å². The molecule has 3 rings (SSSR count). The maximum absolute atomic E-state index is 12.2. The van der Waals surface area contributed by atoms with E-state index in [1.807, 2.05) is 42.5 Å². The lowest BCUT2D eigenvalue weighted by atomic mass is 10.0. The summed E-state index contributed by atoms with van der Waals surface area (Å²) in [6.45, 7) is 2.82. The van der Waals surface area contributed by atoms with Crippen LogP contribution in [0.2, 0.25) is 5.02 Å². The van der Waals surface area contributed by atoms with Crippen molar-refractivity contribution in [2.24, 2.45) is 0 Å². The third-order valence-electron chi connectivity index (χ3n) is 4.22. The lowest BCUT2D eigenvalue weighted by molar-refractivity contribution is 0.0404. The van der Waals surface area contributed by atoms with Gasteiger partial charge >= 0.3 is 6.03 Å². The maximum Gasteiger partial charge on any atom is 0.317 e. The fourth-order valence-electron chi connectivity index (χ4n) is 2.69. The van der Waals surface area contributed by atoms with Gasteiger partial charge in [-0.05, 0) is 36.8 Å². The fourth-order valence-corrected chi connectivity index (χ4v) is 2.81. The molecule has 2 amide bonds. The first-order valence-corrected chi connectivity index (χ1v) is 8.61. The highest BCUT2D eigenvalue weighted by molar-refractivity contribution is 6.30. The molecule has 0 saturated carbocycles. The van der Waals surface area contributed by atoms with Crippen molar-refractivity contribution >= 4 is 17.6 Å². The highest BCUT2D eigenvalue weighted by Gasteiger charge is 2.33. The van der Waals surface area contributed by atoms with Crippen molar-refractivity contribution in [1.82, 2.24) is 10.2 Å². The molecule has 1 heterocycles. The summed E-state index contributed by atoms with van der Waals surface area (Å²) in [7, 11) is 0. The van der Waals surface area contributed by atoms with Crippen LogP contribution in [-0.4, -0.2) is 41.3 Å². The Bertz CT molecular complexity index is 702. The molecule has 1 fully saturated rings. The van der Waals surface area contributed by atoms with Gasteiger partial charge in [-0.1, -0.05) is 41.9 Å². The molecule has 2 N–H and O–H groups in total. The minimum absolute atomic E-state index is 0.0266. The molecule has 2 atom stereocenters. The number of urea groups is 1. The van der Waals surface area contributed by atoms with Gasteiger partial charge in [0.15, 0.2) is 0 Å². The Kier molecular flexibility index (Phi) is 5.46. The summed E-state index contributed by atoms with van der Waals surface area (Å²) in [5.74, 6) is 0.738. The molecule has 0 spiro atoms. The van der Waals surface area contributed by atoms with Crippen LogP contribution in [-0.2, 0) is 0 Å². The fraction of sp³-hybridized carbons (Fsp3) is 0.316. The zero-order valence-corrected chi connectivity index (χ0v) is 14.7. The Morgan fingerprint density at radius 2 is 1.84 bits per heavy atom. The third kappa shape index (κ3) is 4.44. The van der Waals surface area contributed by atoms with E-state index in [1.165, 1.54) is 0 Å². The van der Waals surface area contributed by atoms with Crippen LogP contribution in [0.1, 0.15) is 18.6 Å². The number of hydrogen-bond acceptors (Lipinski definition) is 3. The first kappa shape index (κ1) is 17.6. The smallest absolute Gasteiger partial charge is 0.317 e. The summed E-state index contributed by atoms with van der Waals surface area (Å²) < 4.78 is 5.78. The molecule has 6 heteroatoms. The number of aliphatic hydroxyl groups excluding tert-OH is 1. The first-order valence-electron chi connectivity index (χ1n) is 8.23. The van der Waals surface area contributed by atoms with Crippen molar-refractivity contribution in [2.75, 3.05) is 13.1 Å². The number of benzene rings is 2. The maximum atomic E-state index is 12.2. The average Bonchev–Trinajstić information content (AvgIpc) is 2.59. The van der Waals surface area contributed by atoms with E-state index in [2.05, 4.69) is 5.32 Å². The Labute approximate surface area is 152 Å². The Balaban J connectivity index is 1.45. The molecule has 1 aliphatic heterocycles. The molecule has 2 aromatic carbocycles. The SMILES string of the molecule is C[C@@H](NC(=O)N1CC(Oc2ccc(Cl)cc2)C1)[C@@H](O)c1ccccc1. The van der Waals surface area contributed by atoms with E-state index in [-0.39, 0.29) is 18.2 Å². The van der Waals surface area contributed by atoms with E-state index in [9.17, 15) is 9.90 Å². The van der Waals surface area contributed by atoms with Crippen molar-refractivity contribution in [3.8, 4) is 5.75 Å². The van der Waals surface area contributed by atoms with E-state index in [4.69, 9.17) is 16.3 Å². The van der Waals surface area contributed by atoms with Crippen LogP contribution in [0, 0.1) is 0 Å². The van der Waals surface area contributed by atoms with Gasteiger partial charge in [-0.15, -0.1) is 0 Å². The van der Waals surface area contributed by atoms with Gasteiger partial charge < -0.3 is 20.1 Å². The molecule has 0 aromatic heterocycles. The third-order valence-corrected chi connectivity index (χ3v) is 4.47. The van der Waals surface area contributed by atoms with E-state index in [0.29, 0.717) is 18.1 Å². The number of rotatable bonds is 5. The number of ether oxygens (including phenoxy) is 1. The lowest BCUT2D eigenvalue weighted by Gasteiger charge is -2.39. The summed E-state index contributed by atoms with van der Waals surface area (Å²) in [5.41, 5.74) is 0.780. The number of hydrogen-bond donors (Lipinski definition) is 2. The molecule has 1 aliphatic rings. The van der Waals surface area contributed by atoms with Crippen LogP contribution in [0.3, 0.4) is 0 Å². The van der Waals surface area contributed by atoms with Crippen LogP contribution in [0.15, 0.2) is 54.6 Å². The molecule has 0 bridgehead atoms. The Morgan fingerprint density at radius 1 is 1.20 bits per heavy atom. The summed E-state index contributed by atoms with van der Waals surface area (Å²) in [6.07, 6.45) is -0.770. The molecular weight excluding hydrogens is 340 g/mol. The number of halogens is 1. The predicted molar refractivity (Wildman–Crippen MR) is 96.8 cm³/mol. The standard InChI is InChI=1S/C19H21ClN2O3/c1-13(18(23)14-5-3-2-4-6-14)21-19(24)22-11-17(12-22)25-16-9-7-15(20)8-10-16/h2-10,13,17-18,23H,11-12H2,1H3,(H,21,24)/t13-,18-/m1/s1. The second kappa shape index (κ2) is 7.76. The van der Waals surface area contributed by atoms with Gasteiger partial charge in [0.25, 0.3) is 0 Å². The second-order valence-corrected chi connectivity index (χ2v) is 6.63. The minimum Gasteiger partial charge on any atom is -0.487 e. The molecule has 132 valence electrons. The lowest BCUT2D eigenvalue weighted by Crippen LogP contribution is -2.60. The highest BCUT2D eigenvalue weighted by atomic mass is 35.5. The zero-order chi connectivity index (χ0) is 17.8. The predicted octanol–water partition coefficient (Wildman–Crippen LogP) is 3.23. The minimum atomic E-state index is -0.743. The van der Waals surface area contributed by atoms with Crippen molar-refractivity contribution in [3.63, 3.8) is 0 Å². The van der Waals surface area contributed by atoms with Crippen molar-refractivity contribution < 1.29 is 14.6 Å². The van der Waals surface area contributed by atoms with Gasteiger partial charge in [0, 0.05) is 5.02 Å². The Hall–Kier alpha value is -2.24. The van der Waals surface area contributed by atoms with Crippen LogP contribution in [0.5, 0.6) is 5.75 Å². The van der Waals surface area contributed by atoms with Gasteiger partial charge in [0.1, 0.15) is 11.9 Å². The number of aliphatic hydroxyl groups is 1. The highest BCUT2D eigenvalue weighted by Crippen LogP contribution is 2.21. The van der Waals surface area contributed by atoms with E-state index in [1.54, 1.807) is 24.0 Å². The quantitative estimate of drug-likeness (QED) is 0.860. The zero-order valence-electron chi connectivity index (χ0n) is 13.9. The summed E-state index contributed by atoms with van der Waals surface area (Å²) in [6, 6.07) is 15.9. The normalized spacial score (nSPS) is 16.7. The number of carbonyl (C=O) groups is 1. The number of likely N-dealkylation sites (tertiary alicyclic amines) is 1. The van der Waals surface area contributed by atoms with E-state index < -0.39 is 6.10 Å². The molecule has 0 radical (unpaired) electrons. The van der Waals surface area contributed by atoms with Crippen LogP contribution >= 0.6 is 11.6 Å². The second-order valence-electron chi connectivity index (χ2n) is 6.19. The van der Waals surface area contributed by atoms with Gasteiger partial charge in [0.2, 0.25) is 0 Å². The van der Waals surface area contributed by atoms with Crippen molar-refractivity contribution in [1.29, 1.82) is 0 Å². The number of nitrogens with one attached hydrogen (secondary N) is 1. The number of nitrogens with zero attached hydrogens (tertiary/aromatic N) is 1. The van der Waals surface area contributed by atoms with Crippen molar-refractivity contribution in [3.05, 3.63) is 65.2 Å². The number of carbonyl (C=O) groups excluding carboxylic acids is 1. The molecule has 0 unspecified atom stereocenters. The van der Waals surface area contributed by atoms with Crippen LogP contribution in [0.25, 0.3) is 0 Å².